The van der Waals surface area contributed by atoms with Crippen molar-refractivity contribution in [2.24, 2.45) is 5.92 Å². The lowest BCUT2D eigenvalue weighted by atomic mass is 10.1. The molecular formula is C18H21NO2. The molecule has 21 heavy (non-hydrogen) atoms. The van der Waals surface area contributed by atoms with Gasteiger partial charge in [-0.05, 0) is 24.3 Å². The fourth-order valence-electron chi connectivity index (χ4n) is 2.06. The van der Waals surface area contributed by atoms with E-state index in [1.54, 1.807) is 4.90 Å². The van der Waals surface area contributed by atoms with Crippen LogP contribution in [0.15, 0.2) is 60.7 Å². The lowest BCUT2D eigenvalue weighted by Crippen LogP contribution is -2.37. The molecule has 0 saturated heterocycles. The van der Waals surface area contributed by atoms with Crippen LogP contribution in [0.4, 0.5) is 5.69 Å². The molecule has 0 saturated carbocycles. The molecule has 2 aromatic rings. The molecule has 0 aromatic heterocycles. The van der Waals surface area contributed by atoms with Gasteiger partial charge in [-0.15, -0.1) is 0 Å². The van der Waals surface area contributed by atoms with E-state index >= 15 is 0 Å². The highest BCUT2D eigenvalue weighted by Crippen LogP contribution is 2.16. The molecule has 0 atom stereocenters. The fraction of sp³-hybridized carbons (Fsp3) is 0.278. The van der Waals surface area contributed by atoms with Gasteiger partial charge in [-0.3, -0.25) is 4.79 Å². The number of nitrogens with zero attached hydrogens (tertiary/aromatic N) is 1. The van der Waals surface area contributed by atoms with Crippen LogP contribution in [0.3, 0.4) is 0 Å². The van der Waals surface area contributed by atoms with E-state index in [1.807, 2.05) is 74.5 Å². The van der Waals surface area contributed by atoms with Crippen LogP contribution in [0, 0.1) is 5.92 Å². The molecule has 110 valence electrons. The number of ether oxygens (including phenoxy) is 1. The van der Waals surface area contributed by atoms with E-state index in [0.29, 0.717) is 13.2 Å². The van der Waals surface area contributed by atoms with Gasteiger partial charge in [0.15, 0.2) is 0 Å². The van der Waals surface area contributed by atoms with Gasteiger partial charge in [0.2, 0.25) is 5.91 Å². The Hall–Kier alpha value is -2.29. The second-order valence-electron chi connectivity index (χ2n) is 5.14. The first-order valence-electron chi connectivity index (χ1n) is 7.23. The van der Waals surface area contributed by atoms with Crippen LogP contribution in [0.1, 0.15) is 13.8 Å². The first-order chi connectivity index (χ1) is 10.2. The van der Waals surface area contributed by atoms with Crippen molar-refractivity contribution in [3.05, 3.63) is 60.7 Å². The van der Waals surface area contributed by atoms with Crippen molar-refractivity contribution >= 4 is 11.6 Å². The van der Waals surface area contributed by atoms with Gasteiger partial charge in [0.1, 0.15) is 12.4 Å². The molecule has 0 radical (unpaired) electrons. The van der Waals surface area contributed by atoms with Crippen LogP contribution in [-0.2, 0) is 4.79 Å². The summed E-state index contributed by atoms with van der Waals surface area (Å²) in [5, 5.41) is 0. The Morgan fingerprint density at radius 2 is 1.57 bits per heavy atom. The highest BCUT2D eigenvalue weighted by atomic mass is 16.5. The van der Waals surface area contributed by atoms with E-state index in [1.165, 1.54) is 0 Å². The van der Waals surface area contributed by atoms with Crippen molar-refractivity contribution in [3.8, 4) is 5.75 Å². The zero-order valence-corrected chi connectivity index (χ0v) is 12.5. The third-order valence-corrected chi connectivity index (χ3v) is 3.15. The van der Waals surface area contributed by atoms with E-state index in [4.69, 9.17) is 4.74 Å². The third-order valence-electron chi connectivity index (χ3n) is 3.15. The van der Waals surface area contributed by atoms with Gasteiger partial charge in [0.25, 0.3) is 0 Å². The Morgan fingerprint density at radius 1 is 1.00 bits per heavy atom. The van der Waals surface area contributed by atoms with Crippen LogP contribution in [0.25, 0.3) is 0 Å². The molecule has 0 spiro atoms. The van der Waals surface area contributed by atoms with Crippen LogP contribution in [0.5, 0.6) is 5.75 Å². The molecular weight excluding hydrogens is 262 g/mol. The molecule has 2 rings (SSSR count). The molecule has 3 heteroatoms. The predicted molar refractivity (Wildman–Crippen MR) is 85.6 cm³/mol. The number of benzene rings is 2. The number of carbonyl (C=O) groups excluding carboxylic acids is 1. The van der Waals surface area contributed by atoms with Gasteiger partial charge < -0.3 is 9.64 Å². The second kappa shape index (κ2) is 7.48. The maximum atomic E-state index is 12.4. The van der Waals surface area contributed by atoms with Crippen molar-refractivity contribution in [1.29, 1.82) is 0 Å². The largest absolute Gasteiger partial charge is 0.492 e. The minimum absolute atomic E-state index is 0.0399. The molecule has 0 aliphatic heterocycles. The van der Waals surface area contributed by atoms with Crippen molar-refractivity contribution in [2.75, 3.05) is 18.1 Å². The minimum atomic E-state index is -0.0399. The molecule has 2 aromatic carbocycles. The van der Waals surface area contributed by atoms with E-state index in [9.17, 15) is 4.79 Å². The molecule has 0 bridgehead atoms. The van der Waals surface area contributed by atoms with Crippen LogP contribution in [0.2, 0.25) is 0 Å². The Morgan fingerprint density at radius 3 is 2.14 bits per heavy atom. The summed E-state index contributed by atoms with van der Waals surface area (Å²) in [6.07, 6.45) is 0. The van der Waals surface area contributed by atoms with Gasteiger partial charge in [-0.1, -0.05) is 50.2 Å². The number of amides is 1. The molecule has 1 amide bonds. The molecule has 0 unspecified atom stereocenters. The van der Waals surface area contributed by atoms with E-state index < -0.39 is 0 Å². The van der Waals surface area contributed by atoms with E-state index in [0.717, 1.165) is 11.4 Å². The standard InChI is InChI=1S/C18H21NO2/c1-15(2)18(20)19(16-9-5-3-6-10-16)13-14-21-17-11-7-4-8-12-17/h3-12,15H,13-14H2,1-2H3. The molecule has 0 N–H and O–H groups in total. The van der Waals surface area contributed by atoms with Crippen LogP contribution >= 0.6 is 0 Å². The summed E-state index contributed by atoms with van der Waals surface area (Å²) >= 11 is 0. The predicted octanol–water partition coefficient (Wildman–Crippen LogP) is 3.75. The summed E-state index contributed by atoms with van der Waals surface area (Å²) in [5.41, 5.74) is 0.910. The van der Waals surface area contributed by atoms with E-state index in [-0.39, 0.29) is 11.8 Å². The second-order valence-corrected chi connectivity index (χ2v) is 5.14. The first-order valence-corrected chi connectivity index (χ1v) is 7.23. The number of anilines is 1. The van der Waals surface area contributed by atoms with Crippen molar-refractivity contribution in [1.82, 2.24) is 0 Å². The van der Waals surface area contributed by atoms with Crippen LogP contribution < -0.4 is 9.64 Å². The summed E-state index contributed by atoms with van der Waals surface area (Å²) in [6, 6.07) is 19.4. The zero-order chi connectivity index (χ0) is 15.1. The molecule has 0 heterocycles. The van der Waals surface area contributed by atoms with Crippen molar-refractivity contribution < 1.29 is 9.53 Å². The summed E-state index contributed by atoms with van der Waals surface area (Å²) in [4.78, 5) is 14.1. The normalized spacial score (nSPS) is 10.4. The van der Waals surface area contributed by atoms with Gasteiger partial charge in [0.05, 0.1) is 6.54 Å². The number of hydrogen-bond acceptors (Lipinski definition) is 2. The van der Waals surface area contributed by atoms with Crippen molar-refractivity contribution in [2.45, 2.75) is 13.8 Å². The summed E-state index contributed by atoms with van der Waals surface area (Å²) in [5.74, 6) is 0.891. The Labute approximate surface area is 126 Å². The Kier molecular flexibility index (Phi) is 5.38. The zero-order valence-electron chi connectivity index (χ0n) is 12.5. The highest BCUT2D eigenvalue weighted by Gasteiger charge is 2.18. The summed E-state index contributed by atoms with van der Waals surface area (Å²) in [6.45, 7) is 4.83. The maximum absolute atomic E-state index is 12.4. The van der Waals surface area contributed by atoms with Crippen molar-refractivity contribution in [3.63, 3.8) is 0 Å². The Balaban J connectivity index is 2.01. The SMILES string of the molecule is CC(C)C(=O)N(CCOc1ccccc1)c1ccccc1. The fourth-order valence-corrected chi connectivity index (χ4v) is 2.06. The molecule has 3 nitrogen and oxygen atoms in total. The quantitative estimate of drug-likeness (QED) is 0.808. The molecule has 0 aliphatic rings. The molecule has 0 aliphatic carbocycles. The monoisotopic (exact) mass is 283 g/mol. The lowest BCUT2D eigenvalue weighted by molar-refractivity contribution is -0.121. The summed E-state index contributed by atoms with van der Waals surface area (Å²) in [7, 11) is 0. The number of carbonyl (C=O) groups is 1. The lowest BCUT2D eigenvalue weighted by Gasteiger charge is -2.24. The van der Waals surface area contributed by atoms with Gasteiger partial charge in [0, 0.05) is 11.6 Å². The average molecular weight is 283 g/mol. The van der Waals surface area contributed by atoms with E-state index in [2.05, 4.69) is 0 Å². The Bertz CT molecular complexity index is 552. The summed E-state index contributed by atoms with van der Waals surface area (Å²) < 4.78 is 5.69. The number of hydrogen-bond donors (Lipinski definition) is 0. The van der Waals surface area contributed by atoms with Gasteiger partial charge in [-0.2, -0.15) is 0 Å². The maximum Gasteiger partial charge on any atom is 0.229 e. The topological polar surface area (TPSA) is 29.5 Å². The molecule has 0 fully saturated rings. The van der Waals surface area contributed by atoms with Crippen LogP contribution in [-0.4, -0.2) is 19.1 Å². The first kappa shape index (κ1) is 15.1. The van der Waals surface area contributed by atoms with Gasteiger partial charge >= 0.3 is 0 Å². The highest BCUT2D eigenvalue weighted by molar-refractivity contribution is 5.94. The number of rotatable bonds is 6. The third kappa shape index (κ3) is 4.35. The smallest absolute Gasteiger partial charge is 0.229 e. The minimum Gasteiger partial charge on any atom is -0.492 e. The number of para-hydroxylation sites is 2. The van der Waals surface area contributed by atoms with Gasteiger partial charge in [-0.25, -0.2) is 0 Å². The average Bonchev–Trinajstić information content (AvgIpc) is 2.53.